The van der Waals surface area contributed by atoms with Gasteiger partial charge in [-0.05, 0) is 25.9 Å². The Morgan fingerprint density at radius 3 is 2.13 bits per heavy atom. The first-order valence-electron chi connectivity index (χ1n) is 6.03. The Morgan fingerprint density at radius 1 is 1.27 bits per heavy atom. The largest absolute Gasteiger partial charge is 0.296 e. The molecule has 2 heteroatoms. The Morgan fingerprint density at radius 2 is 1.80 bits per heavy atom. The van der Waals surface area contributed by atoms with Gasteiger partial charge in [0.05, 0.1) is 12.5 Å². The zero-order valence-electron chi connectivity index (χ0n) is 10.2. The third-order valence-corrected chi connectivity index (χ3v) is 2.64. The van der Waals surface area contributed by atoms with Crippen LogP contribution in [0.5, 0.6) is 0 Å². The SMILES string of the molecule is C=CC(CC#N)N(CCCC)CCCC. The normalized spacial score (nSPS) is 12.4. The van der Waals surface area contributed by atoms with E-state index in [1.165, 1.54) is 25.7 Å². The second-order valence-electron chi connectivity index (χ2n) is 3.91. The smallest absolute Gasteiger partial charge is 0.0641 e. The molecule has 0 aromatic heterocycles. The molecule has 1 unspecified atom stereocenters. The highest BCUT2D eigenvalue weighted by molar-refractivity contribution is 4.94. The summed E-state index contributed by atoms with van der Waals surface area (Å²) in [5.41, 5.74) is 0. The van der Waals surface area contributed by atoms with Crippen molar-refractivity contribution in [2.75, 3.05) is 13.1 Å². The average molecular weight is 208 g/mol. The molecule has 0 aliphatic carbocycles. The van der Waals surface area contributed by atoms with Crippen molar-refractivity contribution in [1.29, 1.82) is 5.26 Å². The summed E-state index contributed by atoms with van der Waals surface area (Å²) in [5.74, 6) is 0. The number of unbranched alkanes of at least 4 members (excludes halogenated alkanes) is 2. The molecule has 0 amide bonds. The minimum atomic E-state index is 0.244. The van der Waals surface area contributed by atoms with Crippen LogP contribution in [0.4, 0.5) is 0 Å². The first-order valence-corrected chi connectivity index (χ1v) is 6.03. The Balaban J connectivity index is 4.16. The van der Waals surface area contributed by atoms with E-state index in [2.05, 4.69) is 31.4 Å². The highest BCUT2D eigenvalue weighted by Gasteiger charge is 2.13. The number of nitrogens with zero attached hydrogens (tertiary/aromatic N) is 2. The van der Waals surface area contributed by atoms with Gasteiger partial charge in [-0.3, -0.25) is 4.90 Å². The third kappa shape index (κ3) is 6.30. The van der Waals surface area contributed by atoms with Gasteiger partial charge in [-0.2, -0.15) is 5.26 Å². The monoisotopic (exact) mass is 208 g/mol. The van der Waals surface area contributed by atoms with E-state index in [0.717, 1.165) is 13.1 Å². The molecule has 0 heterocycles. The predicted molar refractivity (Wildman–Crippen MR) is 65.6 cm³/mol. The lowest BCUT2D eigenvalue weighted by Gasteiger charge is -2.27. The molecule has 0 aromatic rings. The van der Waals surface area contributed by atoms with Crippen molar-refractivity contribution in [2.45, 2.75) is 52.0 Å². The van der Waals surface area contributed by atoms with Gasteiger partial charge in [0.1, 0.15) is 0 Å². The molecule has 0 N–H and O–H groups in total. The maximum absolute atomic E-state index is 8.74. The van der Waals surface area contributed by atoms with Crippen LogP contribution in [0, 0.1) is 11.3 Å². The molecular weight excluding hydrogens is 184 g/mol. The number of hydrogen-bond donors (Lipinski definition) is 0. The van der Waals surface area contributed by atoms with Crippen LogP contribution >= 0.6 is 0 Å². The lowest BCUT2D eigenvalue weighted by atomic mass is 10.1. The van der Waals surface area contributed by atoms with Crippen molar-refractivity contribution < 1.29 is 0 Å². The summed E-state index contributed by atoms with van der Waals surface area (Å²) in [6.07, 6.45) is 7.31. The molecule has 0 aliphatic heterocycles. The summed E-state index contributed by atoms with van der Waals surface area (Å²) in [7, 11) is 0. The van der Waals surface area contributed by atoms with Crippen molar-refractivity contribution in [3.8, 4) is 6.07 Å². The highest BCUT2D eigenvalue weighted by Crippen LogP contribution is 2.09. The van der Waals surface area contributed by atoms with E-state index in [1.807, 2.05) is 6.08 Å². The van der Waals surface area contributed by atoms with Crippen molar-refractivity contribution in [1.82, 2.24) is 4.90 Å². The molecule has 0 radical (unpaired) electrons. The molecule has 0 saturated carbocycles. The van der Waals surface area contributed by atoms with Gasteiger partial charge >= 0.3 is 0 Å². The zero-order chi connectivity index (χ0) is 11.5. The Kier molecular flexibility index (Phi) is 9.21. The Labute approximate surface area is 94.6 Å². The van der Waals surface area contributed by atoms with Crippen LogP contribution in [0.1, 0.15) is 46.0 Å². The predicted octanol–water partition coefficient (Wildman–Crippen LogP) is 3.36. The first-order chi connectivity index (χ1) is 7.29. The van der Waals surface area contributed by atoms with Gasteiger partial charge in [-0.15, -0.1) is 6.58 Å². The fourth-order valence-electron chi connectivity index (χ4n) is 1.62. The fraction of sp³-hybridized carbons (Fsp3) is 0.769. The lowest BCUT2D eigenvalue weighted by Crippen LogP contribution is -2.35. The van der Waals surface area contributed by atoms with Gasteiger partial charge in [0.2, 0.25) is 0 Å². The Hall–Kier alpha value is -0.810. The molecular formula is C13H24N2. The van der Waals surface area contributed by atoms with E-state index in [0.29, 0.717) is 6.42 Å². The quantitative estimate of drug-likeness (QED) is 0.543. The van der Waals surface area contributed by atoms with Crippen molar-refractivity contribution >= 4 is 0 Å². The summed E-state index contributed by atoms with van der Waals surface area (Å²) in [6, 6.07) is 2.48. The molecule has 1 atom stereocenters. The van der Waals surface area contributed by atoms with Crippen molar-refractivity contribution in [2.24, 2.45) is 0 Å². The topological polar surface area (TPSA) is 27.0 Å². The third-order valence-electron chi connectivity index (χ3n) is 2.64. The highest BCUT2D eigenvalue weighted by atomic mass is 15.1. The molecule has 2 nitrogen and oxygen atoms in total. The van der Waals surface area contributed by atoms with E-state index < -0.39 is 0 Å². The molecule has 15 heavy (non-hydrogen) atoms. The second kappa shape index (κ2) is 9.73. The average Bonchev–Trinajstić information content (AvgIpc) is 2.27. The van der Waals surface area contributed by atoms with E-state index in [4.69, 9.17) is 5.26 Å². The summed E-state index contributed by atoms with van der Waals surface area (Å²) in [5, 5.41) is 8.74. The summed E-state index contributed by atoms with van der Waals surface area (Å²) in [4.78, 5) is 2.39. The number of rotatable bonds is 9. The Bertz CT molecular complexity index is 185. The van der Waals surface area contributed by atoms with Crippen LogP contribution in [-0.2, 0) is 0 Å². The molecule has 0 fully saturated rings. The van der Waals surface area contributed by atoms with Crippen molar-refractivity contribution in [3.05, 3.63) is 12.7 Å². The van der Waals surface area contributed by atoms with E-state index in [-0.39, 0.29) is 6.04 Å². The van der Waals surface area contributed by atoms with Crippen LogP contribution in [0.15, 0.2) is 12.7 Å². The molecule has 0 bridgehead atoms. The van der Waals surface area contributed by atoms with Crippen LogP contribution in [-0.4, -0.2) is 24.0 Å². The summed E-state index contributed by atoms with van der Waals surface area (Å²) in [6.45, 7) is 10.4. The van der Waals surface area contributed by atoms with E-state index >= 15 is 0 Å². The van der Waals surface area contributed by atoms with Gasteiger partial charge in [0.15, 0.2) is 0 Å². The van der Waals surface area contributed by atoms with Gasteiger partial charge < -0.3 is 0 Å². The molecule has 0 rings (SSSR count). The lowest BCUT2D eigenvalue weighted by molar-refractivity contribution is 0.224. The minimum absolute atomic E-state index is 0.244. The van der Waals surface area contributed by atoms with Gasteiger partial charge in [0, 0.05) is 6.04 Å². The standard InChI is InChI=1S/C13H24N2/c1-4-7-11-15(12-8-5-2)13(6-3)9-10-14/h6,13H,3-5,7-9,11-12H2,1-2H3. The molecule has 0 aromatic carbocycles. The van der Waals surface area contributed by atoms with E-state index in [9.17, 15) is 0 Å². The van der Waals surface area contributed by atoms with Crippen LogP contribution < -0.4 is 0 Å². The maximum atomic E-state index is 8.74. The number of hydrogen-bond acceptors (Lipinski definition) is 2. The molecule has 86 valence electrons. The zero-order valence-corrected chi connectivity index (χ0v) is 10.2. The fourth-order valence-corrected chi connectivity index (χ4v) is 1.62. The van der Waals surface area contributed by atoms with Gasteiger partial charge in [-0.1, -0.05) is 32.8 Å². The first kappa shape index (κ1) is 14.2. The van der Waals surface area contributed by atoms with Crippen LogP contribution in [0.3, 0.4) is 0 Å². The molecule has 0 saturated heterocycles. The van der Waals surface area contributed by atoms with Gasteiger partial charge in [-0.25, -0.2) is 0 Å². The summed E-state index contributed by atoms with van der Waals surface area (Å²) >= 11 is 0. The van der Waals surface area contributed by atoms with Crippen molar-refractivity contribution in [3.63, 3.8) is 0 Å². The maximum Gasteiger partial charge on any atom is 0.0641 e. The van der Waals surface area contributed by atoms with Crippen LogP contribution in [0.25, 0.3) is 0 Å². The van der Waals surface area contributed by atoms with Gasteiger partial charge in [0.25, 0.3) is 0 Å². The van der Waals surface area contributed by atoms with Crippen LogP contribution in [0.2, 0.25) is 0 Å². The second-order valence-corrected chi connectivity index (χ2v) is 3.91. The molecule has 0 aliphatic rings. The summed E-state index contributed by atoms with van der Waals surface area (Å²) < 4.78 is 0. The van der Waals surface area contributed by atoms with E-state index in [1.54, 1.807) is 0 Å². The molecule has 0 spiro atoms. The number of nitriles is 1. The minimum Gasteiger partial charge on any atom is -0.296 e.